The minimum Gasteiger partial charge on any atom is -0.497 e. The average Bonchev–Trinajstić information content (AvgIpc) is 3.26. The summed E-state index contributed by atoms with van der Waals surface area (Å²) in [5.41, 5.74) is 3.92. The second-order valence-electron chi connectivity index (χ2n) is 7.41. The molecule has 33 heavy (non-hydrogen) atoms. The summed E-state index contributed by atoms with van der Waals surface area (Å²) in [4.78, 5) is 16.4. The lowest BCUT2D eigenvalue weighted by Crippen LogP contribution is -2.03. The molecule has 0 unspecified atom stereocenters. The van der Waals surface area contributed by atoms with Crippen LogP contribution in [0.25, 0.3) is 28.0 Å². The lowest BCUT2D eigenvalue weighted by Gasteiger charge is -2.13. The van der Waals surface area contributed by atoms with E-state index in [4.69, 9.17) is 9.15 Å². The molecule has 0 aliphatic carbocycles. The number of aromatic nitrogens is 4. The van der Waals surface area contributed by atoms with Crippen LogP contribution in [0, 0.1) is 6.92 Å². The molecule has 0 aliphatic rings. The smallest absolute Gasteiger partial charge is 0.336 e. The minimum atomic E-state index is -0.400. The lowest BCUT2D eigenvalue weighted by atomic mass is 10.1. The van der Waals surface area contributed by atoms with Gasteiger partial charge in [-0.3, -0.25) is 9.55 Å². The fraction of sp³-hybridized carbons (Fsp3) is 0.120. The summed E-state index contributed by atoms with van der Waals surface area (Å²) in [6.45, 7) is 2.06. The van der Waals surface area contributed by atoms with E-state index in [0.717, 1.165) is 32.9 Å². The number of pyridine rings is 1. The van der Waals surface area contributed by atoms with E-state index in [1.807, 2.05) is 47.0 Å². The minimum absolute atomic E-state index is 0.400. The summed E-state index contributed by atoms with van der Waals surface area (Å²) < 4.78 is 12.7. The Bertz CT molecular complexity index is 1500. The van der Waals surface area contributed by atoms with E-state index in [9.17, 15) is 4.79 Å². The van der Waals surface area contributed by atoms with Gasteiger partial charge in [-0.2, -0.15) is 0 Å². The molecule has 0 fully saturated rings. The Morgan fingerprint density at radius 3 is 2.73 bits per heavy atom. The van der Waals surface area contributed by atoms with Crippen LogP contribution < -0.4 is 10.4 Å². The first-order valence-corrected chi connectivity index (χ1v) is 11.3. The molecule has 0 saturated carbocycles. The van der Waals surface area contributed by atoms with E-state index in [1.165, 1.54) is 17.8 Å². The Balaban J connectivity index is 1.57. The van der Waals surface area contributed by atoms with Gasteiger partial charge in [0.15, 0.2) is 11.0 Å². The molecule has 3 heterocycles. The summed E-state index contributed by atoms with van der Waals surface area (Å²) in [7, 11) is 1.58. The number of ether oxygens (including phenoxy) is 1. The molecule has 5 rings (SSSR count). The molecule has 0 spiro atoms. The van der Waals surface area contributed by atoms with Crippen LogP contribution in [-0.2, 0) is 5.75 Å². The molecule has 7 nitrogen and oxygen atoms in total. The van der Waals surface area contributed by atoms with Gasteiger partial charge in [-0.1, -0.05) is 30.0 Å². The molecule has 0 N–H and O–H groups in total. The molecule has 0 amide bonds. The number of hydrogen-bond donors (Lipinski definition) is 0. The second-order valence-corrected chi connectivity index (χ2v) is 8.35. The molecule has 0 radical (unpaired) electrons. The number of para-hydroxylation sites is 1. The summed E-state index contributed by atoms with van der Waals surface area (Å²) in [6, 6.07) is 18.9. The van der Waals surface area contributed by atoms with Gasteiger partial charge in [-0.15, -0.1) is 10.2 Å². The van der Waals surface area contributed by atoms with Crippen molar-refractivity contribution in [2.45, 2.75) is 17.8 Å². The van der Waals surface area contributed by atoms with Gasteiger partial charge in [0, 0.05) is 41.2 Å². The van der Waals surface area contributed by atoms with Crippen LogP contribution in [0.15, 0.2) is 87.4 Å². The molecule has 2 aromatic carbocycles. The van der Waals surface area contributed by atoms with Gasteiger partial charge < -0.3 is 9.15 Å². The van der Waals surface area contributed by atoms with Gasteiger partial charge >= 0.3 is 5.63 Å². The normalized spacial score (nSPS) is 11.1. The molecule has 0 saturated heterocycles. The van der Waals surface area contributed by atoms with Crippen LogP contribution in [0.4, 0.5) is 0 Å². The standard InChI is InChI=1S/C25H20N4O3S/c1-16-6-3-4-8-21(16)29-24(17-7-5-11-26-14-17)27-28-25(29)33-15-18-12-23(30)32-22-13-19(31-2)9-10-20(18)22/h3-14H,15H2,1-2H3. The van der Waals surface area contributed by atoms with Crippen molar-refractivity contribution < 1.29 is 9.15 Å². The molecule has 8 heteroatoms. The maximum absolute atomic E-state index is 12.2. The number of hydrogen-bond acceptors (Lipinski definition) is 7. The van der Waals surface area contributed by atoms with Gasteiger partial charge in [-0.25, -0.2) is 4.79 Å². The maximum atomic E-state index is 12.2. The molecule has 164 valence electrons. The van der Waals surface area contributed by atoms with Gasteiger partial charge in [-0.05, 0) is 48.4 Å². The number of aryl methyl sites for hydroxylation is 1. The van der Waals surface area contributed by atoms with Crippen LogP contribution in [0.3, 0.4) is 0 Å². The fourth-order valence-electron chi connectivity index (χ4n) is 3.68. The highest BCUT2D eigenvalue weighted by molar-refractivity contribution is 7.98. The molecule has 0 bridgehead atoms. The zero-order valence-corrected chi connectivity index (χ0v) is 18.9. The van der Waals surface area contributed by atoms with E-state index >= 15 is 0 Å². The first-order valence-electron chi connectivity index (χ1n) is 10.3. The fourth-order valence-corrected chi connectivity index (χ4v) is 4.61. The van der Waals surface area contributed by atoms with Crippen molar-refractivity contribution in [1.82, 2.24) is 19.7 Å². The third-order valence-corrected chi connectivity index (χ3v) is 6.28. The van der Waals surface area contributed by atoms with Crippen LogP contribution in [0.1, 0.15) is 11.1 Å². The van der Waals surface area contributed by atoms with Crippen molar-refractivity contribution >= 4 is 22.7 Å². The van der Waals surface area contributed by atoms with Crippen molar-refractivity contribution in [1.29, 1.82) is 0 Å². The van der Waals surface area contributed by atoms with E-state index in [0.29, 0.717) is 22.9 Å². The Hall–Kier alpha value is -3.91. The molecule has 0 atom stereocenters. The first kappa shape index (κ1) is 21.0. The first-order chi connectivity index (χ1) is 16.1. The van der Waals surface area contributed by atoms with E-state index in [2.05, 4.69) is 28.2 Å². The van der Waals surface area contributed by atoms with Gasteiger partial charge in [0.2, 0.25) is 0 Å². The van der Waals surface area contributed by atoms with Crippen molar-refractivity contribution in [3.8, 4) is 22.8 Å². The Labute approximate surface area is 194 Å². The Morgan fingerprint density at radius 1 is 1.06 bits per heavy atom. The number of thioether (sulfide) groups is 1. The van der Waals surface area contributed by atoms with E-state index in [-0.39, 0.29) is 0 Å². The number of fused-ring (bicyclic) bond motifs is 1. The number of rotatable bonds is 6. The predicted molar refractivity (Wildman–Crippen MR) is 128 cm³/mol. The third-order valence-electron chi connectivity index (χ3n) is 5.30. The van der Waals surface area contributed by atoms with Gasteiger partial charge in [0.25, 0.3) is 0 Å². The number of nitrogens with zero attached hydrogens (tertiary/aromatic N) is 4. The Morgan fingerprint density at radius 2 is 1.94 bits per heavy atom. The molecule has 5 aromatic rings. The van der Waals surface area contributed by atoms with Crippen LogP contribution in [0.5, 0.6) is 5.75 Å². The van der Waals surface area contributed by atoms with Crippen LogP contribution in [0.2, 0.25) is 0 Å². The molecule has 3 aromatic heterocycles. The van der Waals surface area contributed by atoms with Crippen molar-refractivity contribution in [2.24, 2.45) is 0 Å². The topological polar surface area (TPSA) is 83.0 Å². The quantitative estimate of drug-likeness (QED) is 0.261. The largest absolute Gasteiger partial charge is 0.497 e. The summed E-state index contributed by atoms with van der Waals surface area (Å²) in [5, 5.41) is 10.5. The summed E-state index contributed by atoms with van der Waals surface area (Å²) in [6.07, 6.45) is 3.51. The average molecular weight is 457 g/mol. The molecular weight excluding hydrogens is 436 g/mol. The van der Waals surface area contributed by atoms with Crippen LogP contribution in [-0.4, -0.2) is 26.9 Å². The van der Waals surface area contributed by atoms with E-state index < -0.39 is 5.63 Å². The van der Waals surface area contributed by atoms with Crippen molar-refractivity contribution in [3.05, 3.63) is 94.6 Å². The second kappa shape index (κ2) is 8.91. The highest BCUT2D eigenvalue weighted by atomic mass is 32.2. The molecular formula is C25H20N4O3S. The monoisotopic (exact) mass is 456 g/mol. The highest BCUT2D eigenvalue weighted by Crippen LogP contribution is 2.32. The molecule has 0 aliphatic heterocycles. The van der Waals surface area contributed by atoms with Crippen molar-refractivity contribution in [2.75, 3.05) is 7.11 Å². The zero-order valence-electron chi connectivity index (χ0n) is 18.1. The predicted octanol–water partition coefficient (Wildman–Crippen LogP) is 5.05. The summed E-state index contributed by atoms with van der Waals surface area (Å²) in [5.74, 6) is 1.86. The van der Waals surface area contributed by atoms with Crippen molar-refractivity contribution in [3.63, 3.8) is 0 Å². The van der Waals surface area contributed by atoms with Gasteiger partial charge in [0.05, 0.1) is 12.8 Å². The van der Waals surface area contributed by atoms with E-state index in [1.54, 1.807) is 25.6 Å². The SMILES string of the molecule is COc1ccc2c(CSc3nnc(-c4cccnc4)n3-c3ccccc3C)cc(=O)oc2c1. The lowest BCUT2D eigenvalue weighted by molar-refractivity contribution is 0.414. The summed E-state index contributed by atoms with van der Waals surface area (Å²) >= 11 is 1.51. The third kappa shape index (κ3) is 4.12. The highest BCUT2D eigenvalue weighted by Gasteiger charge is 2.18. The number of methoxy groups -OCH3 is 1. The van der Waals surface area contributed by atoms with Crippen LogP contribution >= 0.6 is 11.8 Å². The maximum Gasteiger partial charge on any atom is 0.336 e. The van der Waals surface area contributed by atoms with Gasteiger partial charge in [0.1, 0.15) is 11.3 Å². The zero-order chi connectivity index (χ0) is 22.8. The Kier molecular flexibility index (Phi) is 5.66. The number of benzene rings is 2.